The highest BCUT2D eigenvalue weighted by Crippen LogP contribution is 2.30. The van der Waals surface area contributed by atoms with E-state index in [9.17, 15) is 0 Å². The fourth-order valence-corrected chi connectivity index (χ4v) is 2.42. The third-order valence-electron chi connectivity index (χ3n) is 3.03. The van der Waals surface area contributed by atoms with Crippen molar-refractivity contribution >= 4 is 0 Å². The van der Waals surface area contributed by atoms with Crippen LogP contribution < -0.4 is 11.1 Å². The van der Waals surface area contributed by atoms with Gasteiger partial charge in [-0.1, -0.05) is 12.2 Å². The van der Waals surface area contributed by atoms with Crippen LogP contribution in [0.25, 0.3) is 0 Å². The zero-order valence-corrected chi connectivity index (χ0v) is 6.96. The van der Waals surface area contributed by atoms with E-state index in [0.29, 0.717) is 23.9 Å². The highest BCUT2D eigenvalue weighted by atomic mass is 15.0. The molecule has 1 fully saturated rings. The summed E-state index contributed by atoms with van der Waals surface area (Å²) in [4.78, 5) is 0. The molecule has 2 heteroatoms. The zero-order valence-electron chi connectivity index (χ0n) is 6.96. The Labute approximate surface area is 67.8 Å². The first-order chi connectivity index (χ1) is 5.29. The Balaban J connectivity index is 2.18. The third-order valence-corrected chi connectivity index (χ3v) is 3.03. The molecule has 2 rings (SSSR count). The molecule has 62 valence electrons. The van der Waals surface area contributed by atoms with Gasteiger partial charge in [-0.2, -0.15) is 0 Å². The average Bonchev–Trinajstić information content (AvgIpc) is 2.34. The molecule has 1 saturated heterocycles. The van der Waals surface area contributed by atoms with Crippen molar-refractivity contribution in [2.24, 2.45) is 17.6 Å². The van der Waals surface area contributed by atoms with Crippen molar-refractivity contribution in [2.45, 2.75) is 25.4 Å². The van der Waals surface area contributed by atoms with Gasteiger partial charge < -0.3 is 11.1 Å². The fourth-order valence-electron chi connectivity index (χ4n) is 2.42. The lowest BCUT2D eigenvalue weighted by Gasteiger charge is -2.28. The number of nitrogens with one attached hydrogen (secondary N) is 1. The van der Waals surface area contributed by atoms with Crippen molar-refractivity contribution in [1.82, 2.24) is 5.32 Å². The van der Waals surface area contributed by atoms with Crippen molar-refractivity contribution < 1.29 is 0 Å². The Morgan fingerprint density at radius 2 is 2.36 bits per heavy atom. The van der Waals surface area contributed by atoms with E-state index in [1.807, 2.05) is 0 Å². The fraction of sp³-hybridized carbons (Fsp3) is 0.778. The Morgan fingerprint density at radius 3 is 3.09 bits per heavy atom. The Morgan fingerprint density at radius 1 is 1.55 bits per heavy atom. The predicted octanol–water partition coefficient (Wildman–Crippen LogP) is 0.498. The molecule has 2 nitrogen and oxygen atoms in total. The molecule has 0 amide bonds. The minimum atomic E-state index is 0.384. The standard InChI is InChI=1S/C9H16N2/c1-6-9-7(5-11-6)3-2-4-8(9)10/h2-3,6-9,11H,4-5,10H2,1H3. The summed E-state index contributed by atoms with van der Waals surface area (Å²) in [5.74, 6) is 1.38. The van der Waals surface area contributed by atoms with Crippen LogP contribution in [0.3, 0.4) is 0 Å². The lowest BCUT2D eigenvalue weighted by Crippen LogP contribution is -2.40. The van der Waals surface area contributed by atoms with Crippen LogP contribution in [0.5, 0.6) is 0 Å². The normalized spacial score (nSPS) is 49.3. The molecule has 4 atom stereocenters. The molecule has 0 bridgehead atoms. The first kappa shape index (κ1) is 7.32. The number of fused-ring (bicyclic) bond motifs is 1. The molecule has 0 aromatic heterocycles. The van der Waals surface area contributed by atoms with Gasteiger partial charge in [-0.25, -0.2) is 0 Å². The Kier molecular flexibility index (Phi) is 1.74. The second-order valence-electron chi connectivity index (χ2n) is 3.77. The molecule has 0 aromatic rings. The van der Waals surface area contributed by atoms with E-state index in [0.717, 1.165) is 13.0 Å². The van der Waals surface area contributed by atoms with Crippen molar-refractivity contribution in [1.29, 1.82) is 0 Å². The van der Waals surface area contributed by atoms with Gasteiger partial charge in [-0.15, -0.1) is 0 Å². The van der Waals surface area contributed by atoms with Gasteiger partial charge in [0.15, 0.2) is 0 Å². The van der Waals surface area contributed by atoms with E-state index >= 15 is 0 Å². The van der Waals surface area contributed by atoms with Crippen molar-refractivity contribution in [3.63, 3.8) is 0 Å². The summed E-state index contributed by atoms with van der Waals surface area (Å²) in [6.45, 7) is 3.36. The largest absolute Gasteiger partial charge is 0.327 e. The van der Waals surface area contributed by atoms with Gasteiger partial charge in [-0.3, -0.25) is 0 Å². The first-order valence-electron chi connectivity index (χ1n) is 4.44. The average molecular weight is 152 g/mol. The third kappa shape index (κ3) is 1.10. The topological polar surface area (TPSA) is 38.0 Å². The summed E-state index contributed by atoms with van der Waals surface area (Å²) >= 11 is 0. The van der Waals surface area contributed by atoms with Gasteiger partial charge in [0.2, 0.25) is 0 Å². The Hall–Kier alpha value is -0.340. The molecular weight excluding hydrogens is 136 g/mol. The van der Waals surface area contributed by atoms with Gasteiger partial charge >= 0.3 is 0 Å². The van der Waals surface area contributed by atoms with Gasteiger partial charge in [-0.05, 0) is 25.2 Å². The van der Waals surface area contributed by atoms with Crippen molar-refractivity contribution in [3.05, 3.63) is 12.2 Å². The summed E-state index contributed by atoms with van der Waals surface area (Å²) < 4.78 is 0. The van der Waals surface area contributed by atoms with Crippen LogP contribution >= 0.6 is 0 Å². The SMILES string of the molecule is CC1NCC2C=CCC(N)C21. The van der Waals surface area contributed by atoms with Crippen molar-refractivity contribution in [3.8, 4) is 0 Å². The van der Waals surface area contributed by atoms with E-state index in [-0.39, 0.29) is 0 Å². The number of rotatable bonds is 0. The molecule has 1 aliphatic carbocycles. The van der Waals surface area contributed by atoms with Crippen LogP contribution in [0.1, 0.15) is 13.3 Å². The van der Waals surface area contributed by atoms with Crippen LogP contribution in [0.4, 0.5) is 0 Å². The summed E-state index contributed by atoms with van der Waals surface area (Å²) in [5, 5.41) is 3.46. The second kappa shape index (κ2) is 2.61. The maximum atomic E-state index is 6.02. The molecule has 0 saturated carbocycles. The minimum absolute atomic E-state index is 0.384. The lowest BCUT2D eigenvalue weighted by molar-refractivity contribution is 0.334. The molecule has 0 aromatic carbocycles. The van der Waals surface area contributed by atoms with Crippen LogP contribution in [0, 0.1) is 11.8 Å². The van der Waals surface area contributed by atoms with Gasteiger partial charge in [0.05, 0.1) is 0 Å². The molecule has 0 radical (unpaired) electrons. The molecule has 3 N–H and O–H groups in total. The van der Waals surface area contributed by atoms with E-state index in [4.69, 9.17) is 5.73 Å². The molecule has 11 heavy (non-hydrogen) atoms. The highest BCUT2D eigenvalue weighted by Gasteiger charge is 2.36. The molecule has 2 aliphatic rings. The highest BCUT2D eigenvalue weighted by molar-refractivity contribution is 5.08. The molecule has 1 aliphatic heterocycles. The number of hydrogen-bond acceptors (Lipinski definition) is 2. The number of nitrogens with two attached hydrogens (primary N) is 1. The molecule has 1 heterocycles. The van der Waals surface area contributed by atoms with Crippen LogP contribution in [-0.2, 0) is 0 Å². The van der Waals surface area contributed by atoms with Crippen LogP contribution in [0.2, 0.25) is 0 Å². The van der Waals surface area contributed by atoms with E-state index in [1.54, 1.807) is 0 Å². The zero-order chi connectivity index (χ0) is 7.84. The van der Waals surface area contributed by atoms with Crippen LogP contribution in [0.15, 0.2) is 12.2 Å². The van der Waals surface area contributed by atoms with Crippen molar-refractivity contribution in [2.75, 3.05) is 6.54 Å². The maximum absolute atomic E-state index is 6.02. The quantitative estimate of drug-likeness (QED) is 0.496. The van der Waals surface area contributed by atoms with E-state index in [2.05, 4.69) is 24.4 Å². The summed E-state index contributed by atoms with van der Waals surface area (Å²) in [6, 6.07) is 0.995. The Bertz CT molecular complexity index is 176. The minimum Gasteiger partial charge on any atom is -0.327 e. The lowest BCUT2D eigenvalue weighted by atomic mass is 9.80. The van der Waals surface area contributed by atoms with E-state index < -0.39 is 0 Å². The summed E-state index contributed by atoms with van der Waals surface area (Å²) in [5.41, 5.74) is 6.02. The van der Waals surface area contributed by atoms with E-state index in [1.165, 1.54) is 0 Å². The van der Waals surface area contributed by atoms with Gasteiger partial charge in [0.1, 0.15) is 0 Å². The number of hydrogen-bond donors (Lipinski definition) is 2. The summed E-state index contributed by atoms with van der Waals surface area (Å²) in [6.07, 6.45) is 5.61. The molecular formula is C9H16N2. The molecule has 0 spiro atoms. The maximum Gasteiger partial charge on any atom is 0.0123 e. The van der Waals surface area contributed by atoms with Crippen LogP contribution in [-0.4, -0.2) is 18.6 Å². The second-order valence-corrected chi connectivity index (χ2v) is 3.77. The smallest absolute Gasteiger partial charge is 0.0123 e. The summed E-state index contributed by atoms with van der Waals surface area (Å²) in [7, 11) is 0. The molecule has 4 unspecified atom stereocenters. The van der Waals surface area contributed by atoms with Gasteiger partial charge in [0.25, 0.3) is 0 Å². The monoisotopic (exact) mass is 152 g/mol. The first-order valence-corrected chi connectivity index (χ1v) is 4.44. The predicted molar refractivity (Wildman–Crippen MR) is 46.2 cm³/mol. The van der Waals surface area contributed by atoms with Gasteiger partial charge in [0, 0.05) is 18.6 Å².